The van der Waals surface area contributed by atoms with Gasteiger partial charge in [-0.1, -0.05) is 54.1 Å². The number of hydrogen-bond donors (Lipinski definition) is 2. The first-order chi connectivity index (χ1) is 21.1. The molecule has 0 aliphatic carbocycles. The number of esters is 2. The number of halogens is 1. The van der Waals surface area contributed by atoms with Crippen LogP contribution in [0.15, 0.2) is 132 Å². The lowest BCUT2D eigenvalue weighted by Gasteiger charge is -2.29. The zero-order valence-electron chi connectivity index (χ0n) is 24.4. The summed E-state index contributed by atoms with van der Waals surface area (Å²) < 4.78 is 16.6. The normalized spacial score (nSPS) is 13.2. The quantitative estimate of drug-likeness (QED) is 0.0855. The first kappa shape index (κ1) is 32.0. The van der Waals surface area contributed by atoms with Crippen molar-refractivity contribution >= 4 is 51.1 Å². The number of fused-ring (bicyclic) bond motifs is 1. The van der Waals surface area contributed by atoms with E-state index in [1.165, 1.54) is 20.0 Å². The average Bonchev–Trinajstić information content (AvgIpc) is 2.99. The largest absolute Gasteiger partial charge is 0.457 e. The van der Waals surface area contributed by atoms with Crippen LogP contribution in [-0.2, 0) is 19.1 Å². The molecule has 224 valence electrons. The average molecular weight is 703 g/mol. The van der Waals surface area contributed by atoms with Gasteiger partial charge in [-0.3, -0.25) is 4.79 Å². The third kappa shape index (κ3) is 9.56. The van der Waals surface area contributed by atoms with E-state index in [0.717, 1.165) is 37.2 Å². The summed E-state index contributed by atoms with van der Waals surface area (Å²) in [4.78, 5) is 37.7. The molecular weight excluding hydrogens is 671 g/mol. The molecule has 6 rings (SSSR count). The zero-order chi connectivity index (χ0) is 31.5. The fourth-order valence-electron chi connectivity index (χ4n) is 3.84. The van der Waals surface area contributed by atoms with E-state index < -0.39 is 17.7 Å². The molecule has 9 heteroatoms. The van der Waals surface area contributed by atoms with Crippen molar-refractivity contribution in [2.45, 2.75) is 26.6 Å². The number of nitrogens with one attached hydrogen (secondary N) is 2. The molecule has 1 aliphatic heterocycles. The summed E-state index contributed by atoms with van der Waals surface area (Å²) in [6, 6.07) is 34.3. The number of cyclic esters (lactones) is 2. The second-order valence-corrected chi connectivity index (χ2v) is 11.3. The maximum absolute atomic E-state index is 11.7. The van der Waals surface area contributed by atoms with Gasteiger partial charge in [0.05, 0.1) is 0 Å². The van der Waals surface area contributed by atoms with Gasteiger partial charge >= 0.3 is 11.9 Å². The van der Waals surface area contributed by atoms with Crippen molar-refractivity contribution in [2.75, 3.05) is 5.32 Å². The van der Waals surface area contributed by atoms with Gasteiger partial charge in [0.15, 0.2) is 11.0 Å². The summed E-state index contributed by atoms with van der Waals surface area (Å²) in [5, 5.41) is 3.62. The number of benzene rings is 4. The predicted molar refractivity (Wildman–Crippen MR) is 179 cm³/mol. The van der Waals surface area contributed by atoms with Gasteiger partial charge < -0.3 is 24.5 Å². The van der Waals surface area contributed by atoms with Crippen molar-refractivity contribution in [1.29, 1.82) is 0 Å². The molecule has 0 amide bonds. The van der Waals surface area contributed by atoms with Crippen molar-refractivity contribution in [3.05, 3.63) is 147 Å². The first-order valence-electron chi connectivity index (χ1n) is 13.6. The molecular formula is C35H31IN2O6. The molecule has 0 spiro atoms. The van der Waals surface area contributed by atoms with E-state index in [2.05, 4.69) is 32.9 Å². The Morgan fingerprint density at radius 3 is 1.91 bits per heavy atom. The number of rotatable bonds is 4. The number of H-pyrrole nitrogens is 1. The van der Waals surface area contributed by atoms with Crippen LogP contribution in [0.2, 0.25) is 0 Å². The fourth-order valence-corrected chi connectivity index (χ4v) is 4.33. The summed E-state index contributed by atoms with van der Waals surface area (Å²) in [7, 11) is 0. The van der Waals surface area contributed by atoms with Crippen LogP contribution in [0.4, 0.5) is 5.69 Å². The second-order valence-electron chi connectivity index (χ2n) is 10.0. The molecule has 1 aromatic heterocycles. The number of carbonyl (C=O) groups excluding carboxylic acids is 2. The van der Waals surface area contributed by atoms with Crippen LogP contribution >= 0.6 is 22.6 Å². The first-order valence-corrected chi connectivity index (χ1v) is 14.7. The third-order valence-corrected chi connectivity index (χ3v) is 6.67. The molecule has 1 aliphatic rings. The Kier molecular flexibility index (Phi) is 10.9. The number of aryl methyl sites for hydroxylation is 1. The number of anilines is 1. The Labute approximate surface area is 268 Å². The SMILES string of the molecule is Cc1ccc(NC=C2C(=O)OC(C)(C)OC2=O)cc1.O=c1cc[nH]c2ccc(I)cc12.c1ccc(Oc2ccccc2)cc1. The molecule has 0 bridgehead atoms. The van der Waals surface area contributed by atoms with E-state index in [1.807, 2.05) is 110 Å². The lowest BCUT2D eigenvalue weighted by atomic mass is 10.2. The van der Waals surface area contributed by atoms with Crippen molar-refractivity contribution in [3.63, 3.8) is 0 Å². The lowest BCUT2D eigenvalue weighted by molar-refractivity contribution is -0.222. The maximum Gasteiger partial charge on any atom is 0.350 e. The van der Waals surface area contributed by atoms with Crippen molar-refractivity contribution < 1.29 is 23.8 Å². The molecule has 0 atom stereocenters. The number of para-hydroxylation sites is 2. The Morgan fingerprint density at radius 1 is 0.773 bits per heavy atom. The van der Waals surface area contributed by atoms with Gasteiger partial charge in [0.1, 0.15) is 11.5 Å². The van der Waals surface area contributed by atoms with E-state index >= 15 is 0 Å². The Bertz CT molecular complexity index is 1740. The topological polar surface area (TPSA) is 107 Å². The smallest absolute Gasteiger partial charge is 0.350 e. The summed E-state index contributed by atoms with van der Waals surface area (Å²) in [5.41, 5.74) is 2.70. The minimum absolute atomic E-state index is 0.0715. The highest BCUT2D eigenvalue weighted by Gasteiger charge is 2.38. The molecule has 2 heterocycles. The standard InChI is InChI=1S/C14H15NO4.C12H10O.C9H6INO/c1-9-4-6-10(7-5-9)15-8-11-12(16)18-14(2,3)19-13(11)17;1-3-7-11(8-4-1)13-12-9-5-2-6-10-12;10-6-1-2-8-7(5-6)9(12)3-4-11-8/h4-8,15H,1-3H3;1-10H;1-5H,(H,11,12). The highest BCUT2D eigenvalue weighted by Crippen LogP contribution is 2.23. The van der Waals surface area contributed by atoms with Crippen LogP contribution in [0.1, 0.15) is 19.4 Å². The van der Waals surface area contributed by atoms with Crippen LogP contribution in [0.25, 0.3) is 10.9 Å². The summed E-state index contributed by atoms with van der Waals surface area (Å²) in [5.74, 6) is -0.862. The van der Waals surface area contributed by atoms with E-state index in [9.17, 15) is 14.4 Å². The third-order valence-electron chi connectivity index (χ3n) is 5.99. The Balaban J connectivity index is 0.000000156. The maximum atomic E-state index is 11.7. The molecule has 8 nitrogen and oxygen atoms in total. The van der Waals surface area contributed by atoms with Gasteiger partial charge in [0.2, 0.25) is 0 Å². The Morgan fingerprint density at radius 2 is 1.34 bits per heavy atom. The van der Waals surface area contributed by atoms with E-state index in [1.54, 1.807) is 12.3 Å². The number of aromatic amines is 1. The molecule has 0 radical (unpaired) electrons. The van der Waals surface area contributed by atoms with Crippen LogP contribution in [0, 0.1) is 10.5 Å². The van der Waals surface area contributed by atoms with Gasteiger partial charge in [-0.05, 0) is 84.1 Å². The number of hydrogen-bond acceptors (Lipinski definition) is 7. The Hall–Kier alpha value is -4.90. The summed E-state index contributed by atoms with van der Waals surface area (Å²) in [6.45, 7) is 4.99. The molecule has 1 fully saturated rings. The monoisotopic (exact) mass is 702 g/mol. The van der Waals surface area contributed by atoms with Crippen molar-refractivity contribution in [2.24, 2.45) is 0 Å². The van der Waals surface area contributed by atoms with Gasteiger partial charge in [0.25, 0.3) is 5.79 Å². The molecule has 0 saturated carbocycles. The highest BCUT2D eigenvalue weighted by molar-refractivity contribution is 14.1. The summed E-state index contributed by atoms with van der Waals surface area (Å²) >= 11 is 2.19. The minimum atomic E-state index is -1.21. The highest BCUT2D eigenvalue weighted by atomic mass is 127. The predicted octanol–water partition coefficient (Wildman–Crippen LogP) is 7.74. The van der Waals surface area contributed by atoms with Crippen LogP contribution in [0.5, 0.6) is 11.5 Å². The zero-order valence-corrected chi connectivity index (χ0v) is 26.5. The number of aromatic nitrogens is 1. The number of ether oxygens (including phenoxy) is 3. The fraction of sp³-hybridized carbons (Fsp3) is 0.114. The van der Waals surface area contributed by atoms with Crippen molar-refractivity contribution in [3.8, 4) is 11.5 Å². The minimum Gasteiger partial charge on any atom is -0.457 e. The molecule has 0 unspecified atom stereocenters. The molecule has 5 aromatic rings. The molecule has 44 heavy (non-hydrogen) atoms. The summed E-state index contributed by atoms with van der Waals surface area (Å²) in [6.07, 6.45) is 2.96. The van der Waals surface area contributed by atoms with Crippen LogP contribution < -0.4 is 15.5 Å². The second kappa shape index (κ2) is 15.0. The van der Waals surface area contributed by atoms with Crippen LogP contribution in [0.3, 0.4) is 0 Å². The van der Waals surface area contributed by atoms with Gasteiger partial charge in [-0.15, -0.1) is 0 Å². The van der Waals surface area contributed by atoms with Gasteiger partial charge in [-0.2, -0.15) is 0 Å². The molecule has 1 saturated heterocycles. The number of pyridine rings is 1. The van der Waals surface area contributed by atoms with E-state index in [-0.39, 0.29) is 11.0 Å². The van der Waals surface area contributed by atoms with E-state index in [4.69, 9.17) is 14.2 Å². The van der Waals surface area contributed by atoms with Gasteiger partial charge in [-0.25, -0.2) is 9.59 Å². The molecule has 2 N–H and O–H groups in total. The van der Waals surface area contributed by atoms with Crippen molar-refractivity contribution in [1.82, 2.24) is 4.98 Å². The lowest BCUT2D eigenvalue weighted by Crippen LogP contribution is -2.42. The number of carbonyl (C=O) groups is 2. The molecule has 4 aromatic carbocycles. The van der Waals surface area contributed by atoms with E-state index in [0.29, 0.717) is 0 Å². The van der Waals surface area contributed by atoms with Gasteiger partial charge in [0, 0.05) is 52.5 Å². The van der Waals surface area contributed by atoms with Crippen LogP contribution in [-0.4, -0.2) is 22.7 Å².